The van der Waals surface area contributed by atoms with Crippen molar-refractivity contribution in [3.8, 4) is 11.1 Å². The lowest BCUT2D eigenvalue weighted by atomic mass is 10.0. The Morgan fingerprint density at radius 2 is 1.65 bits per heavy atom. The topological polar surface area (TPSA) is 114 Å². The van der Waals surface area contributed by atoms with Crippen LogP contribution < -0.4 is 10.0 Å². The van der Waals surface area contributed by atoms with Gasteiger partial charge < -0.3 is 9.88 Å². The van der Waals surface area contributed by atoms with Gasteiger partial charge in [0.1, 0.15) is 5.69 Å². The maximum Gasteiger partial charge on any atom is 0.298 e. The molecule has 9 heteroatoms. The van der Waals surface area contributed by atoms with Crippen LogP contribution in [0.4, 0.5) is 5.69 Å². The molecule has 0 aliphatic carbocycles. The molecule has 0 spiro atoms. The number of rotatable bonds is 6. The lowest BCUT2D eigenvalue weighted by Gasteiger charge is -2.10. The van der Waals surface area contributed by atoms with Crippen molar-refractivity contribution in [3.63, 3.8) is 0 Å². The number of hydrogen-bond acceptors (Lipinski definition) is 5. The van der Waals surface area contributed by atoms with Crippen LogP contribution in [-0.2, 0) is 14.8 Å². The summed E-state index contributed by atoms with van der Waals surface area (Å²) >= 11 is 0. The van der Waals surface area contributed by atoms with E-state index in [1.165, 1.54) is 24.3 Å². The number of Topliss-reactive ketones (excluding diaryl/α,β-unsaturated/α-hetero) is 1. The van der Waals surface area contributed by atoms with Gasteiger partial charge in [-0.15, -0.1) is 0 Å². The van der Waals surface area contributed by atoms with Gasteiger partial charge in [0, 0.05) is 28.7 Å². The van der Waals surface area contributed by atoms with Gasteiger partial charge in [0.05, 0.1) is 6.26 Å². The van der Waals surface area contributed by atoms with E-state index in [4.69, 9.17) is 0 Å². The fourth-order valence-electron chi connectivity index (χ4n) is 3.56. The number of hydrogen-bond donors (Lipinski definition) is 2. The summed E-state index contributed by atoms with van der Waals surface area (Å²) in [7, 11) is -3.70. The Kier molecular flexibility index (Phi) is 6.29. The molecule has 0 atom stereocenters. The van der Waals surface area contributed by atoms with Crippen LogP contribution in [0.1, 0.15) is 33.0 Å². The third kappa shape index (κ3) is 5.05. The first-order valence-corrected chi connectivity index (χ1v) is 12.2. The molecular weight excluding hydrogens is 454 g/mol. The molecule has 2 N–H and O–H groups in total. The van der Waals surface area contributed by atoms with Gasteiger partial charge in [-0.05, 0) is 48.4 Å². The maximum atomic E-state index is 13.3. The second kappa shape index (κ2) is 9.32. The highest BCUT2D eigenvalue weighted by Gasteiger charge is 2.26. The summed E-state index contributed by atoms with van der Waals surface area (Å²) in [6.07, 6.45) is 9.14. The van der Waals surface area contributed by atoms with Crippen molar-refractivity contribution in [2.45, 2.75) is 6.42 Å². The summed E-state index contributed by atoms with van der Waals surface area (Å²) < 4.78 is 26.0. The van der Waals surface area contributed by atoms with E-state index in [0.717, 1.165) is 17.5 Å². The van der Waals surface area contributed by atoms with Gasteiger partial charge in [-0.2, -0.15) is 0 Å². The number of aromatic nitrogens is 1. The number of amides is 2. The highest BCUT2D eigenvalue weighted by Crippen LogP contribution is 2.30. The minimum atomic E-state index is -3.70. The molecule has 8 nitrogen and oxygen atoms in total. The van der Waals surface area contributed by atoms with Gasteiger partial charge in [-0.3, -0.25) is 14.4 Å². The van der Waals surface area contributed by atoms with E-state index >= 15 is 0 Å². The van der Waals surface area contributed by atoms with E-state index in [0.29, 0.717) is 12.0 Å². The second-order valence-corrected chi connectivity index (χ2v) is 9.40. The highest BCUT2D eigenvalue weighted by molar-refractivity contribution is 7.89. The molecule has 0 saturated heterocycles. The van der Waals surface area contributed by atoms with E-state index in [2.05, 4.69) is 5.32 Å². The molecule has 2 heterocycles. The Bertz CT molecular complexity index is 1430. The van der Waals surface area contributed by atoms with Crippen molar-refractivity contribution in [2.75, 3.05) is 11.6 Å². The lowest BCUT2D eigenvalue weighted by Crippen LogP contribution is -2.29. The van der Waals surface area contributed by atoms with Crippen LogP contribution in [0.2, 0.25) is 0 Å². The number of nitrogens with one attached hydrogen (secondary N) is 2. The molecule has 34 heavy (non-hydrogen) atoms. The summed E-state index contributed by atoms with van der Waals surface area (Å²) in [5, 5.41) is 2.55. The molecule has 2 amide bonds. The van der Waals surface area contributed by atoms with Crippen molar-refractivity contribution in [1.29, 1.82) is 0 Å². The molecule has 1 aliphatic heterocycles. The number of fused-ring (bicyclic) bond motifs is 1. The number of anilines is 1. The SMILES string of the molecule is CS(=O)(=O)NC(=O)c1ccc(NC(=O)C(=O)c2c(-c3ccccc3)cc3n2C=CCC=C3)cc1. The van der Waals surface area contributed by atoms with E-state index in [1.807, 2.05) is 59.3 Å². The lowest BCUT2D eigenvalue weighted by molar-refractivity contribution is -0.112. The quantitative estimate of drug-likeness (QED) is 0.418. The zero-order valence-corrected chi connectivity index (χ0v) is 19.0. The summed E-state index contributed by atoms with van der Waals surface area (Å²) in [6.45, 7) is 0. The fourth-order valence-corrected chi connectivity index (χ4v) is 4.02. The first-order chi connectivity index (χ1) is 16.2. The minimum absolute atomic E-state index is 0.0925. The third-order valence-corrected chi connectivity index (χ3v) is 5.63. The molecule has 0 fully saturated rings. The van der Waals surface area contributed by atoms with Gasteiger partial charge in [0.15, 0.2) is 0 Å². The zero-order valence-electron chi connectivity index (χ0n) is 18.2. The van der Waals surface area contributed by atoms with Crippen molar-refractivity contribution in [3.05, 3.63) is 89.8 Å². The summed E-state index contributed by atoms with van der Waals surface area (Å²) in [4.78, 5) is 38.1. The molecule has 0 bridgehead atoms. The predicted octanol–water partition coefficient (Wildman–Crippen LogP) is 3.55. The Morgan fingerprint density at radius 1 is 0.941 bits per heavy atom. The molecule has 3 aromatic rings. The maximum absolute atomic E-state index is 13.3. The minimum Gasteiger partial charge on any atom is -0.319 e. The van der Waals surface area contributed by atoms with Crippen LogP contribution in [0.15, 0.2) is 72.8 Å². The monoisotopic (exact) mass is 475 g/mol. The van der Waals surface area contributed by atoms with Crippen LogP contribution in [0, 0.1) is 0 Å². The Hall–Kier alpha value is -4.24. The van der Waals surface area contributed by atoms with E-state index in [-0.39, 0.29) is 16.9 Å². The normalized spacial score (nSPS) is 12.5. The zero-order chi connectivity index (χ0) is 24.3. The van der Waals surface area contributed by atoms with Gasteiger partial charge >= 0.3 is 0 Å². The molecule has 0 saturated carbocycles. The Balaban J connectivity index is 1.61. The van der Waals surface area contributed by atoms with Crippen molar-refractivity contribution in [1.82, 2.24) is 9.29 Å². The van der Waals surface area contributed by atoms with Gasteiger partial charge in [-0.1, -0.05) is 42.5 Å². The van der Waals surface area contributed by atoms with Crippen LogP contribution in [-0.4, -0.2) is 36.8 Å². The van der Waals surface area contributed by atoms with Gasteiger partial charge in [-0.25, -0.2) is 13.1 Å². The first kappa shape index (κ1) is 22.9. The third-order valence-electron chi connectivity index (χ3n) is 5.07. The molecule has 172 valence electrons. The average Bonchev–Trinajstić information content (AvgIpc) is 3.00. The van der Waals surface area contributed by atoms with Crippen LogP contribution in [0.25, 0.3) is 23.4 Å². The molecule has 1 aliphatic rings. The standard InChI is InChI=1S/C25H21N3O5S/c1-34(32,33)27-24(30)18-11-13-19(14-12-18)26-25(31)23(29)22-21(17-8-4-2-5-9-17)16-20-10-6-3-7-15-28(20)22/h2,4-16H,3H2,1H3,(H,26,31)(H,27,30). The number of sulfonamides is 1. The summed E-state index contributed by atoms with van der Waals surface area (Å²) in [5.41, 5.74) is 2.85. The fraction of sp³-hybridized carbons (Fsp3) is 0.0800. The number of carbonyl (C=O) groups excluding carboxylic acids is 3. The average molecular weight is 476 g/mol. The van der Waals surface area contributed by atoms with E-state index in [1.54, 1.807) is 10.8 Å². The second-order valence-electron chi connectivity index (χ2n) is 7.65. The Labute approximate surface area is 196 Å². The van der Waals surface area contributed by atoms with Crippen molar-refractivity contribution in [2.24, 2.45) is 0 Å². The van der Waals surface area contributed by atoms with Crippen molar-refractivity contribution >= 4 is 45.6 Å². The molecule has 2 aromatic carbocycles. The number of benzene rings is 2. The highest BCUT2D eigenvalue weighted by atomic mass is 32.2. The van der Waals surface area contributed by atoms with Crippen LogP contribution in [0.3, 0.4) is 0 Å². The van der Waals surface area contributed by atoms with Gasteiger partial charge in [0.25, 0.3) is 17.6 Å². The van der Waals surface area contributed by atoms with Gasteiger partial charge in [0.2, 0.25) is 10.0 Å². The summed E-state index contributed by atoms with van der Waals surface area (Å²) in [6, 6.07) is 16.8. The summed E-state index contributed by atoms with van der Waals surface area (Å²) in [5.74, 6) is -2.35. The first-order valence-electron chi connectivity index (χ1n) is 10.3. The largest absolute Gasteiger partial charge is 0.319 e. The molecule has 1 aromatic heterocycles. The van der Waals surface area contributed by atoms with E-state index in [9.17, 15) is 22.8 Å². The Morgan fingerprint density at radius 3 is 2.32 bits per heavy atom. The molecule has 4 rings (SSSR count). The smallest absolute Gasteiger partial charge is 0.298 e. The molecule has 0 unspecified atom stereocenters. The molecular formula is C25H21N3O5S. The number of carbonyl (C=O) groups is 3. The molecule has 0 radical (unpaired) electrons. The van der Waals surface area contributed by atoms with Crippen LogP contribution >= 0.6 is 0 Å². The number of allylic oxidation sites excluding steroid dienone is 2. The number of nitrogens with zero attached hydrogens (tertiary/aromatic N) is 1. The predicted molar refractivity (Wildman–Crippen MR) is 131 cm³/mol. The van der Waals surface area contributed by atoms with Crippen molar-refractivity contribution < 1.29 is 22.8 Å². The van der Waals surface area contributed by atoms with E-state index < -0.39 is 27.6 Å². The van der Waals surface area contributed by atoms with Crippen LogP contribution in [0.5, 0.6) is 0 Å². The number of ketones is 1.